The van der Waals surface area contributed by atoms with Gasteiger partial charge < -0.3 is 5.43 Å². The van der Waals surface area contributed by atoms with Crippen molar-refractivity contribution in [1.29, 1.82) is 0 Å². The van der Waals surface area contributed by atoms with Crippen molar-refractivity contribution in [3.05, 3.63) is 52.3 Å². The van der Waals surface area contributed by atoms with Crippen LogP contribution in [0.4, 0.5) is 5.82 Å². The summed E-state index contributed by atoms with van der Waals surface area (Å²) in [6.45, 7) is 2.17. The molecule has 0 atom stereocenters. The molecule has 0 saturated carbocycles. The van der Waals surface area contributed by atoms with E-state index < -0.39 is 0 Å². The fraction of sp³-hybridized carbons (Fsp3) is 0.182. The number of aromatic nitrogens is 3. The van der Waals surface area contributed by atoms with Crippen LogP contribution in [0.15, 0.2) is 35.5 Å². The van der Waals surface area contributed by atoms with Gasteiger partial charge in [0.15, 0.2) is 0 Å². The highest BCUT2D eigenvalue weighted by Crippen LogP contribution is 2.10. The van der Waals surface area contributed by atoms with Crippen LogP contribution in [0.25, 0.3) is 0 Å². The van der Waals surface area contributed by atoms with E-state index in [0.717, 1.165) is 5.56 Å². The fourth-order valence-electron chi connectivity index (χ4n) is 1.51. The maximum absolute atomic E-state index is 11.7. The highest BCUT2D eigenvalue weighted by Gasteiger charge is 2.04. The molecule has 0 spiro atoms. The van der Waals surface area contributed by atoms with Crippen LogP contribution in [0.2, 0.25) is 0 Å². The molecule has 0 saturated heterocycles. The van der Waals surface area contributed by atoms with Gasteiger partial charge >= 0.3 is 0 Å². The Labute approximate surface area is 98.1 Å². The molecular formula is C11H13N5O. The van der Waals surface area contributed by atoms with Crippen molar-refractivity contribution in [2.75, 3.05) is 5.43 Å². The van der Waals surface area contributed by atoms with Gasteiger partial charge in [-0.25, -0.2) is 15.8 Å². The van der Waals surface area contributed by atoms with Gasteiger partial charge in [-0.1, -0.05) is 6.07 Å². The highest BCUT2D eigenvalue weighted by molar-refractivity contribution is 5.42. The zero-order chi connectivity index (χ0) is 12.3. The molecule has 17 heavy (non-hydrogen) atoms. The summed E-state index contributed by atoms with van der Waals surface area (Å²) in [6, 6.07) is 5.14. The van der Waals surface area contributed by atoms with E-state index in [4.69, 9.17) is 5.84 Å². The maximum atomic E-state index is 11.7. The monoisotopic (exact) mass is 231 g/mol. The number of hydrazine groups is 1. The van der Waals surface area contributed by atoms with E-state index in [2.05, 4.69) is 15.4 Å². The van der Waals surface area contributed by atoms with E-state index in [9.17, 15) is 4.79 Å². The number of nitrogens with one attached hydrogen (secondary N) is 1. The highest BCUT2D eigenvalue weighted by atomic mass is 16.1. The van der Waals surface area contributed by atoms with Crippen molar-refractivity contribution < 1.29 is 0 Å². The first-order chi connectivity index (χ1) is 8.20. The normalized spacial score (nSPS) is 10.2. The Morgan fingerprint density at radius 2 is 2.29 bits per heavy atom. The zero-order valence-corrected chi connectivity index (χ0v) is 9.42. The Morgan fingerprint density at radius 3 is 3.00 bits per heavy atom. The number of anilines is 1. The Morgan fingerprint density at radius 1 is 1.47 bits per heavy atom. The molecule has 2 heterocycles. The minimum absolute atomic E-state index is 0.0932. The summed E-state index contributed by atoms with van der Waals surface area (Å²) < 4.78 is 1.50. The van der Waals surface area contributed by atoms with Crippen LogP contribution in [0, 0.1) is 6.92 Å². The van der Waals surface area contributed by atoms with E-state index in [-0.39, 0.29) is 5.56 Å². The zero-order valence-electron chi connectivity index (χ0n) is 9.42. The molecule has 2 aromatic rings. The molecule has 0 aromatic carbocycles. The SMILES string of the molecule is Cc1cc(=O)n(Cc2cccnc2NN)cn1. The lowest BCUT2D eigenvalue weighted by Gasteiger charge is -2.09. The Hall–Kier alpha value is -2.21. The predicted octanol–water partition coefficient (Wildman–Crippen LogP) is 0.281. The lowest BCUT2D eigenvalue weighted by atomic mass is 10.2. The third kappa shape index (κ3) is 2.48. The van der Waals surface area contributed by atoms with Crippen LogP contribution < -0.4 is 16.8 Å². The number of nitrogens with two attached hydrogens (primary N) is 1. The molecule has 0 radical (unpaired) electrons. The van der Waals surface area contributed by atoms with E-state index in [0.29, 0.717) is 18.1 Å². The molecule has 6 nitrogen and oxygen atoms in total. The summed E-state index contributed by atoms with van der Waals surface area (Å²) in [5.41, 5.74) is 3.95. The summed E-state index contributed by atoms with van der Waals surface area (Å²) in [5, 5.41) is 0. The predicted molar refractivity (Wildman–Crippen MR) is 64.4 cm³/mol. The molecule has 0 amide bonds. The summed E-state index contributed by atoms with van der Waals surface area (Å²) >= 11 is 0. The van der Waals surface area contributed by atoms with Gasteiger partial charge in [0, 0.05) is 23.5 Å². The van der Waals surface area contributed by atoms with Crippen LogP contribution >= 0.6 is 0 Å². The molecule has 6 heteroatoms. The van der Waals surface area contributed by atoms with Crippen molar-refractivity contribution in [3.8, 4) is 0 Å². The first-order valence-electron chi connectivity index (χ1n) is 5.14. The summed E-state index contributed by atoms with van der Waals surface area (Å²) in [6.07, 6.45) is 3.15. The summed E-state index contributed by atoms with van der Waals surface area (Å²) in [7, 11) is 0. The molecule has 2 rings (SSSR count). The quantitative estimate of drug-likeness (QED) is 0.585. The topological polar surface area (TPSA) is 85.8 Å². The molecule has 0 bridgehead atoms. The molecular weight excluding hydrogens is 218 g/mol. The lowest BCUT2D eigenvalue weighted by Crippen LogP contribution is -2.22. The maximum Gasteiger partial charge on any atom is 0.253 e. The third-order valence-electron chi connectivity index (χ3n) is 2.38. The van der Waals surface area contributed by atoms with Gasteiger partial charge in [-0.3, -0.25) is 9.36 Å². The molecule has 2 aromatic heterocycles. The van der Waals surface area contributed by atoms with Gasteiger partial charge in [0.05, 0.1) is 12.9 Å². The van der Waals surface area contributed by atoms with Gasteiger partial charge in [-0.15, -0.1) is 0 Å². The first-order valence-corrected chi connectivity index (χ1v) is 5.14. The second kappa shape index (κ2) is 4.75. The van der Waals surface area contributed by atoms with Crippen molar-refractivity contribution in [2.45, 2.75) is 13.5 Å². The van der Waals surface area contributed by atoms with Crippen molar-refractivity contribution in [3.63, 3.8) is 0 Å². The number of pyridine rings is 1. The van der Waals surface area contributed by atoms with Crippen LogP contribution in [-0.2, 0) is 6.54 Å². The van der Waals surface area contributed by atoms with Crippen molar-refractivity contribution >= 4 is 5.82 Å². The van der Waals surface area contributed by atoms with Gasteiger partial charge in [0.25, 0.3) is 5.56 Å². The van der Waals surface area contributed by atoms with Gasteiger partial charge in [-0.05, 0) is 13.0 Å². The van der Waals surface area contributed by atoms with Crippen LogP contribution in [-0.4, -0.2) is 14.5 Å². The second-order valence-electron chi connectivity index (χ2n) is 3.65. The van der Waals surface area contributed by atoms with Crippen LogP contribution in [0.5, 0.6) is 0 Å². The average Bonchev–Trinajstić information content (AvgIpc) is 2.33. The third-order valence-corrected chi connectivity index (χ3v) is 2.38. The number of nitrogens with zero attached hydrogens (tertiary/aromatic N) is 3. The Balaban J connectivity index is 2.35. The first kappa shape index (κ1) is 11.3. The van der Waals surface area contributed by atoms with Gasteiger partial charge in [0.1, 0.15) is 5.82 Å². The largest absolute Gasteiger partial charge is 0.308 e. The smallest absolute Gasteiger partial charge is 0.253 e. The number of nitrogen functional groups attached to an aromatic ring is 1. The van der Waals surface area contributed by atoms with E-state index in [1.54, 1.807) is 19.2 Å². The molecule has 0 fully saturated rings. The average molecular weight is 231 g/mol. The standard InChI is InChI=1S/C11H13N5O/c1-8-5-10(17)16(7-14-8)6-9-3-2-4-13-11(9)15-12/h2-5,7H,6,12H2,1H3,(H,13,15). The molecule has 0 aliphatic rings. The van der Waals surface area contributed by atoms with Crippen LogP contribution in [0.1, 0.15) is 11.3 Å². The summed E-state index contributed by atoms with van der Waals surface area (Å²) in [5.74, 6) is 5.91. The molecule has 3 N–H and O–H groups in total. The number of rotatable bonds is 3. The van der Waals surface area contributed by atoms with E-state index >= 15 is 0 Å². The van der Waals surface area contributed by atoms with E-state index in [1.165, 1.54) is 17.0 Å². The lowest BCUT2D eigenvalue weighted by molar-refractivity contribution is 0.728. The Kier molecular flexibility index (Phi) is 3.15. The molecule has 0 unspecified atom stereocenters. The van der Waals surface area contributed by atoms with Crippen LogP contribution in [0.3, 0.4) is 0 Å². The van der Waals surface area contributed by atoms with Crippen molar-refractivity contribution in [1.82, 2.24) is 14.5 Å². The van der Waals surface area contributed by atoms with Gasteiger partial charge in [-0.2, -0.15) is 0 Å². The summed E-state index contributed by atoms with van der Waals surface area (Å²) in [4.78, 5) is 19.8. The minimum Gasteiger partial charge on any atom is -0.308 e. The Bertz CT molecular complexity index is 578. The number of hydrogen-bond acceptors (Lipinski definition) is 5. The van der Waals surface area contributed by atoms with Gasteiger partial charge in [0.2, 0.25) is 0 Å². The minimum atomic E-state index is -0.0932. The van der Waals surface area contributed by atoms with Crippen molar-refractivity contribution in [2.24, 2.45) is 5.84 Å². The second-order valence-corrected chi connectivity index (χ2v) is 3.65. The number of aryl methyl sites for hydroxylation is 1. The molecule has 88 valence electrons. The van der Waals surface area contributed by atoms with E-state index in [1.807, 2.05) is 6.07 Å². The molecule has 0 aliphatic carbocycles. The fourth-order valence-corrected chi connectivity index (χ4v) is 1.51. The number of hydrogen-bond donors (Lipinski definition) is 2. The molecule has 0 aliphatic heterocycles.